The van der Waals surface area contributed by atoms with E-state index in [9.17, 15) is 0 Å². The molecule has 2 heteroatoms. The van der Waals surface area contributed by atoms with Crippen molar-refractivity contribution in [3.8, 4) is 0 Å². The minimum atomic E-state index is 0.138. The van der Waals surface area contributed by atoms with Crippen molar-refractivity contribution in [1.29, 1.82) is 0 Å². The summed E-state index contributed by atoms with van der Waals surface area (Å²) in [6.07, 6.45) is 4.02. The quantitative estimate of drug-likeness (QED) is 0.883. The summed E-state index contributed by atoms with van der Waals surface area (Å²) in [5.41, 5.74) is 9.27. The molecule has 1 saturated heterocycles. The standard InChI is InChI=1S/C19H32N2/c1-5-6-15-11-12-21(13-15)14-18(20)16-7-9-17(10-8-16)19(2,3)4/h7-10,15,18H,5-6,11-14,20H2,1-4H3. The summed E-state index contributed by atoms with van der Waals surface area (Å²) < 4.78 is 0. The molecule has 0 aromatic heterocycles. The van der Waals surface area contributed by atoms with Crippen molar-refractivity contribution in [2.24, 2.45) is 11.7 Å². The van der Waals surface area contributed by atoms with Gasteiger partial charge in [-0.25, -0.2) is 0 Å². The Labute approximate surface area is 130 Å². The predicted molar refractivity (Wildman–Crippen MR) is 91.5 cm³/mol. The Kier molecular flexibility index (Phi) is 5.45. The van der Waals surface area contributed by atoms with Crippen LogP contribution in [-0.2, 0) is 5.41 Å². The molecule has 1 aliphatic heterocycles. The third kappa shape index (κ3) is 4.55. The number of likely N-dealkylation sites (tertiary alicyclic amines) is 1. The molecule has 0 spiro atoms. The van der Waals surface area contributed by atoms with Crippen molar-refractivity contribution in [3.05, 3.63) is 35.4 Å². The van der Waals surface area contributed by atoms with Crippen LogP contribution in [0.2, 0.25) is 0 Å². The number of rotatable bonds is 5. The van der Waals surface area contributed by atoms with Crippen LogP contribution in [0.3, 0.4) is 0 Å². The van der Waals surface area contributed by atoms with Crippen molar-refractivity contribution in [2.75, 3.05) is 19.6 Å². The third-order valence-corrected chi connectivity index (χ3v) is 4.73. The van der Waals surface area contributed by atoms with Gasteiger partial charge in [0, 0.05) is 19.1 Å². The average molecular weight is 288 g/mol. The van der Waals surface area contributed by atoms with Gasteiger partial charge in [0.05, 0.1) is 0 Å². The van der Waals surface area contributed by atoms with Crippen LogP contribution in [-0.4, -0.2) is 24.5 Å². The van der Waals surface area contributed by atoms with Gasteiger partial charge in [-0.15, -0.1) is 0 Å². The minimum Gasteiger partial charge on any atom is -0.323 e. The Hall–Kier alpha value is -0.860. The van der Waals surface area contributed by atoms with Gasteiger partial charge in [0.1, 0.15) is 0 Å². The molecule has 1 aromatic rings. The van der Waals surface area contributed by atoms with E-state index in [0.717, 1.165) is 12.5 Å². The number of hydrogen-bond acceptors (Lipinski definition) is 2. The zero-order chi connectivity index (χ0) is 15.5. The second kappa shape index (κ2) is 6.93. The van der Waals surface area contributed by atoms with E-state index in [-0.39, 0.29) is 11.5 Å². The number of nitrogens with zero attached hydrogens (tertiary/aromatic N) is 1. The van der Waals surface area contributed by atoms with Gasteiger partial charge in [-0.1, -0.05) is 58.4 Å². The van der Waals surface area contributed by atoms with Crippen LogP contribution >= 0.6 is 0 Å². The van der Waals surface area contributed by atoms with Crippen LogP contribution in [0.5, 0.6) is 0 Å². The smallest absolute Gasteiger partial charge is 0.0424 e. The Morgan fingerprint density at radius 3 is 2.48 bits per heavy atom. The van der Waals surface area contributed by atoms with E-state index in [2.05, 4.69) is 56.9 Å². The predicted octanol–water partition coefficient (Wildman–Crippen LogP) is 4.11. The fraction of sp³-hybridized carbons (Fsp3) is 0.684. The molecule has 1 heterocycles. The first-order valence-electron chi connectivity index (χ1n) is 8.48. The van der Waals surface area contributed by atoms with Crippen LogP contribution in [0.4, 0.5) is 0 Å². The molecule has 2 nitrogen and oxygen atoms in total. The molecule has 21 heavy (non-hydrogen) atoms. The van der Waals surface area contributed by atoms with Crippen LogP contribution in [0.25, 0.3) is 0 Å². The summed E-state index contributed by atoms with van der Waals surface area (Å²) in [7, 11) is 0. The molecule has 0 amide bonds. The van der Waals surface area contributed by atoms with Gasteiger partial charge in [0.25, 0.3) is 0 Å². The number of hydrogen-bond donors (Lipinski definition) is 1. The monoisotopic (exact) mass is 288 g/mol. The molecule has 0 aliphatic carbocycles. The lowest BCUT2D eigenvalue weighted by molar-refractivity contribution is 0.300. The van der Waals surface area contributed by atoms with Gasteiger partial charge in [-0.05, 0) is 41.8 Å². The first-order valence-corrected chi connectivity index (χ1v) is 8.48. The van der Waals surface area contributed by atoms with Crippen LogP contribution in [0, 0.1) is 5.92 Å². The van der Waals surface area contributed by atoms with Crippen molar-refractivity contribution < 1.29 is 0 Å². The summed E-state index contributed by atoms with van der Waals surface area (Å²) in [6, 6.07) is 9.03. The minimum absolute atomic E-state index is 0.138. The molecular formula is C19H32N2. The molecule has 1 aliphatic rings. The molecular weight excluding hydrogens is 256 g/mol. The van der Waals surface area contributed by atoms with Gasteiger partial charge in [0.15, 0.2) is 0 Å². The Morgan fingerprint density at radius 2 is 1.90 bits per heavy atom. The molecule has 118 valence electrons. The summed E-state index contributed by atoms with van der Waals surface area (Å²) >= 11 is 0. The normalized spacial score (nSPS) is 21.7. The molecule has 1 fully saturated rings. The lowest BCUT2D eigenvalue weighted by Crippen LogP contribution is -2.30. The van der Waals surface area contributed by atoms with Crippen LogP contribution in [0.15, 0.2) is 24.3 Å². The second-order valence-corrected chi connectivity index (χ2v) is 7.68. The van der Waals surface area contributed by atoms with E-state index in [1.165, 1.54) is 43.5 Å². The number of nitrogens with two attached hydrogens (primary N) is 1. The summed E-state index contributed by atoms with van der Waals surface area (Å²) in [5.74, 6) is 0.894. The maximum atomic E-state index is 6.41. The molecule has 2 rings (SSSR count). The van der Waals surface area contributed by atoms with E-state index in [1.54, 1.807) is 0 Å². The largest absolute Gasteiger partial charge is 0.323 e. The van der Waals surface area contributed by atoms with Crippen molar-refractivity contribution in [3.63, 3.8) is 0 Å². The molecule has 0 saturated carbocycles. The van der Waals surface area contributed by atoms with Gasteiger partial charge in [-0.2, -0.15) is 0 Å². The van der Waals surface area contributed by atoms with Gasteiger partial charge in [0.2, 0.25) is 0 Å². The summed E-state index contributed by atoms with van der Waals surface area (Å²) in [6.45, 7) is 12.5. The highest BCUT2D eigenvalue weighted by molar-refractivity contribution is 5.29. The lowest BCUT2D eigenvalue weighted by Gasteiger charge is -2.23. The first-order chi connectivity index (χ1) is 9.90. The zero-order valence-electron chi connectivity index (χ0n) is 14.2. The van der Waals surface area contributed by atoms with Crippen LogP contribution in [0.1, 0.15) is 64.1 Å². The molecule has 2 atom stereocenters. The van der Waals surface area contributed by atoms with E-state index < -0.39 is 0 Å². The number of benzene rings is 1. The van der Waals surface area contributed by atoms with Crippen LogP contribution < -0.4 is 5.73 Å². The molecule has 1 aromatic carbocycles. The summed E-state index contributed by atoms with van der Waals surface area (Å²) in [5, 5.41) is 0. The Morgan fingerprint density at radius 1 is 1.24 bits per heavy atom. The SMILES string of the molecule is CCCC1CCN(CC(N)c2ccc(C(C)(C)C)cc2)C1. The lowest BCUT2D eigenvalue weighted by atomic mass is 9.86. The summed E-state index contributed by atoms with van der Waals surface area (Å²) in [4.78, 5) is 2.54. The highest BCUT2D eigenvalue weighted by atomic mass is 15.2. The molecule has 0 bridgehead atoms. The average Bonchev–Trinajstić information content (AvgIpc) is 2.86. The Balaban J connectivity index is 1.90. The topological polar surface area (TPSA) is 29.3 Å². The van der Waals surface area contributed by atoms with Gasteiger partial charge in [-0.3, -0.25) is 0 Å². The fourth-order valence-corrected chi connectivity index (χ4v) is 3.34. The van der Waals surface area contributed by atoms with E-state index >= 15 is 0 Å². The van der Waals surface area contributed by atoms with E-state index in [4.69, 9.17) is 5.73 Å². The second-order valence-electron chi connectivity index (χ2n) is 7.68. The van der Waals surface area contributed by atoms with E-state index in [1.807, 2.05) is 0 Å². The third-order valence-electron chi connectivity index (χ3n) is 4.73. The highest BCUT2D eigenvalue weighted by Gasteiger charge is 2.23. The maximum absolute atomic E-state index is 6.41. The van der Waals surface area contributed by atoms with Crippen molar-refractivity contribution in [1.82, 2.24) is 4.90 Å². The zero-order valence-corrected chi connectivity index (χ0v) is 14.2. The molecule has 0 radical (unpaired) electrons. The Bertz CT molecular complexity index is 430. The van der Waals surface area contributed by atoms with Gasteiger partial charge < -0.3 is 10.6 Å². The molecule has 2 N–H and O–H groups in total. The van der Waals surface area contributed by atoms with Crippen molar-refractivity contribution in [2.45, 2.75) is 58.4 Å². The first kappa shape index (κ1) is 16.5. The van der Waals surface area contributed by atoms with Crippen molar-refractivity contribution >= 4 is 0 Å². The fourth-order valence-electron chi connectivity index (χ4n) is 3.34. The maximum Gasteiger partial charge on any atom is 0.0424 e. The van der Waals surface area contributed by atoms with Gasteiger partial charge >= 0.3 is 0 Å². The highest BCUT2D eigenvalue weighted by Crippen LogP contribution is 2.25. The van der Waals surface area contributed by atoms with E-state index in [0.29, 0.717) is 0 Å². The molecule has 2 unspecified atom stereocenters.